The lowest BCUT2D eigenvalue weighted by Gasteiger charge is -2.20. The maximum Gasteiger partial charge on any atom is 0.225 e. The zero-order valence-electron chi connectivity index (χ0n) is 9.35. The lowest BCUT2D eigenvalue weighted by atomic mass is 10.1. The molecule has 2 atom stereocenters. The van der Waals surface area contributed by atoms with E-state index >= 15 is 0 Å². The summed E-state index contributed by atoms with van der Waals surface area (Å²) in [6, 6.07) is 0. The fourth-order valence-corrected chi connectivity index (χ4v) is 2.59. The highest BCUT2D eigenvalue weighted by molar-refractivity contribution is 5.79. The molecule has 2 aliphatic heterocycles. The summed E-state index contributed by atoms with van der Waals surface area (Å²) in [5.74, 6) is 0.733. The normalized spacial score (nSPS) is 32.9. The van der Waals surface area contributed by atoms with Crippen LogP contribution in [0.15, 0.2) is 0 Å². The molecule has 0 aromatic carbocycles. The highest BCUT2D eigenvalue weighted by Crippen LogP contribution is 2.20. The second-order valence-electron chi connectivity index (χ2n) is 4.70. The number of carbonyl (C=O) groups excluding carboxylic acids is 1. The lowest BCUT2D eigenvalue weighted by Crippen LogP contribution is -2.32. The van der Waals surface area contributed by atoms with E-state index in [9.17, 15) is 9.90 Å². The zero-order chi connectivity index (χ0) is 10.8. The van der Waals surface area contributed by atoms with Crippen molar-refractivity contribution >= 4 is 5.91 Å². The van der Waals surface area contributed by atoms with Crippen molar-refractivity contribution in [3.63, 3.8) is 0 Å². The number of aliphatic hydroxyl groups excluding tert-OH is 1. The number of β-amino-alcohol motifs (C(OH)–C–C–N with tert-alkyl or cyclic N) is 1. The number of nitrogens with zero attached hydrogens (tertiary/aromatic N) is 2. The molecule has 0 aromatic rings. The molecule has 0 radical (unpaired) electrons. The summed E-state index contributed by atoms with van der Waals surface area (Å²) in [5.41, 5.74) is 0. The summed E-state index contributed by atoms with van der Waals surface area (Å²) in [4.78, 5) is 15.7. The van der Waals surface area contributed by atoms with Crippen molar-refractivity contribution in [3.8, 4) is 0 Å². The molecule has 2 rings (SSSR count). The van der Waals surface area contributed by atoms with Crippen LogP contribution in [-0.2, 0) is 4.79 Å². The molecule has 0 aliphatic carbocycles. The third kappa shape index (κ3) is 2.49. The van der Waals surface area contributed by atoms with Crippen molar-refractivity contribution in [2.75, 3.05) is 32.7 Å². The Balaban J connectivity index is 1.80. The van der Waals surface area contributed by atoms with E-state index in [1.54, 1.807) is 0 Å². The van der Waals surface area contributed by atoms with Gasteiger partial charge in [-0.05, 0) is 25.4 Å². The van der Waals surface area contributed by atoms with Gasteiger partial charge in [0.05, 0.1) is 12.5 Å². The SMILES string of the molecule is CCN1CCC(CN2CC(O)CC2=O)C1. The van der Waals surface area contributed by atoms with Crippen LogP contribution in [0.3, 0.4) is 0 Å². The molecule has 4 heteroatoms. The van der Waals surface area contributed by atoms with E-state index in [2.05, 4.69) is 11.8 Å². The molecule has 1 N–H and O–H groups in total. The van der Waals surface area contributed by atoms with Gasteiger partial charge < -0.3 is 14.9 Å². The number of likely N-dealkylation sites (tertiary alicyclic amines) is 2. The van der Waals surface area contributed by atoms with Crippen LogP contribution in [-0.4, -0.2) is 59.6 Å². The first-order chi connectivity index (χ1) is 7.19. The van der Waals surface area contributed by atoms with E-state index in [0.29, 0.717) is 18.9 Å². The van der Waals surface area contributed by atoms with Gasteiger partial charge in [-0.15, -0.1) is 0 Å². The Morgan fingerprint density at radius 3 is 2.80 bits per heavy atom. The van der Waals surface area contributed by atoms with Crippen molar-refractivity contribution in [1.29, 1.82) is 0 Å². The second kappa shape index (κ2) is 4.49. The summed E-state index contributed by atoms with van der Waals surface area (Å²) >= 11 is 0. The van der Waals surface area contributed by atoms with Crippen LogP contribution in [0.2, 0.25) is 0 Å². The van der Waals surface area contributed by atoms with Crippen molar-refractivity contribution in [2.24, 2.45) is 5.92 Å². The first kappa shape index (κ1) is 10.9. The van der Waals surface area contributed by atoms with E-state index in [1.807, 2.05) is 4.90 Å². The summed E-state index contributed by atoms with van der Waals surface area (Å²) in [7, 11) is 0. The average Bonchev–Trinajstić information content (AvgIpc) is 2.75. The third-order valence-corrected chi connectivity index (χ3v) is 3.49. The molecular weight excluding hydrogens is 192 g/mol. The van der Waals surface area contributed by atoms with E-state index < -0.39 is 6.10 Å². The minimum atomic E-state index is -0.429. The number of rotatable bonds is 3. The number of aliphatic hydroxyl groups is 1. The van der Waals surface area contributed by atoms with Gasteiger partial charge in [0.2, 0.25) is 5.91 Å². The first-order valence-electron chi connectivity index (χ1n) is 5.87. The Morgan fingerprint density at radius 1 is 1.47 bits per heavy atom. The fraction of sp³-hybridized carbons (Fsp3) is 0.909. The molecule has 2 heterocycles. The highest BCUT2D eigenvalue weighted by Gasteiger charge is 2.31. The fourth-order valence-electron chi connectivity index (χ4n) is 2.59. The highest BCUT2D eigenvalue weighted by atomic mass is 16.3. The average molecular weight is 212 g/mol. The smallest absolute Gasteiger partial charge is 0.225 e. The molecule has 15 heavy (non-hydrogen) atoms. The molecule has 86 valence electrons. The van der Waals surface area contributed by atoms with Gasteiger partial charge in [0.15, 0.2) is 0 Å². The predicted molar refractivity (Wildman–Crippen MR) is 57.4 cm³/mol. The molecule has 0 spiro atoms. The van der Waals surface area contributed by atoms with Gasteiger partial charge >= 0.3 is 0 Å². The van der Waals surface area contributed by atoms with Crippen LogP contribution < -0.4 is 0 Å². The minimum absolute atomic E-state index is 0.123. The Bertz CT molecular complexity index is 245. The van der Waals surface area contributed by atoms with Gasteiger partial charge in [-0.3, -0.25) is 4.79 Å². The Hall–Kier alpha value is -0.610. The number of hydrogen-bond donors (Lipinski definition) is 1. The van der Waals surface area contributed by atoms with Crippen LogP contribution >= 0.6 is 0 Å². The zero-order valence-corrected chi connectivity index (χ0v) is 9.35. The van der Waals surface area contributed by atoms with Gasteiger partial charge in [0, 0.05) is 19.6 Å². The van der Waals surface area contributed by atoms with Crippen molar-refractivity contribution in [1.82, 2.24) is 9.80 Å². The molecule has 0 saturated carbocycles. The van der Waals surface area contributed by atoms with Gasteiger partial charge in [0.25, 0.3) is 0 Å². The summed E-state index contributed by atoms with van der Waals surface area (Å²) in [6.45, 7) is 6.93. The number of amides is 1. The quantitative estimate of drug-likeness (QED) is 0.711. The second-order valence-corrected chi connectivity index (χ2v) is 4.70. The summed E-state index contributed by atoms with van der Waals surface area (Å²) in [5, 5.41) is 9.37. The Morgan fingerprint density at radius 2 is 2.27 bits per heavy atom. The summed E-state index contributed by atoms with van der Waals surface area (Å²) in [6.07, 6.45) is 1.08. The van der Waals surface area contributed by atoms with Gasteiger partial charge in [0.1, 0.15) is 0 Å². The molecule has 2 unspecified atom stereocenters. The molecule has 2 fully saturated rings. The van der Waals surface area contributed by atoms with Gasteiger partial charge in [-0.25, -0.2) is 0 Å². The maximum atomic E-state index is 11.5. The first-order valence-corrected chi connectivity index (χ1v) is 5.87. The molecule has 1 amide bonds. The standard InChI is InChI=1S/C11H20N2O2/c1-2-12-4-3-9(6-12)7-13-8-10(14)5-11(13)15/h9-10,14H,2-8H2,1H3. The van der Waals surface area contributed by atoms with Crippen molar-refractivity contribution in [2.45, 2.75) is 25.9 Å². The number of carbonyl (C=O) groups is 1. The topological polar surface area (TPSA) is 43.8 Å². The Kier molecular flexibility index (Phi) is 3.26. The van der Waals surface area contributed by atoms with Crippen LogP contribution in [0.25, 0.3) is 0 Å². The monoisotopic (exact) mass is 212 g/mol. The van der Waals surface area contributed by atoms with E-state index in [-0.39, 0.29) is 5.91 Å². The Labute approximate surface area is 90.9 Å². The van der Waals surface area contributed by atoms with Crippen molar-refractivity contribution < 1.29 is 9.90 Å². The van der Waals surface area contributed by atoms with Crippen LogP contribution in [0.1, 0.15) is 19.8 Å². The molecule has 4 nitrogen and oxygen atoms in total. The maximum absolute atomic E-state index is 11.5. The van der Waals surface area contributed by atoms with E-state index in [0.717, 1.165) is 26.2 Å². The lowest BCUT2D eigenvalue weighted by molar-refractivity contribution is -0.128. The van der Waals surface area contributed by atoms with Crippen LogP contribution in [0.5, 0.6) is 0 Å². The van der Waals surface area contributed by atoms with Gasteiger partial charge in [-0.1, -0.05) is 6.92 Å². The number of hydrogen-bond acceptors (Lipinski definition) is 3. The minimum Gasteiger partial charge on any atom is -0.391 e. The predicted octanol–water partition coefficient (Wildman–Crippen LogP) is -0.0786. The molecule has 0 bridgehead atoms. The van der Waals surface area contributed by atoms with Crippen molar-refractivity contribution in [3.05, 3.63) is 0 Å². The van der Waals surface area contributed by atoms with E-state index in [4.69, 9.17) is 0 Å². The van der Waals surface area contributed by atoms with E-state index in [1.165, 1.54) is 6.42 Å². The summed E-state index contributed by atoms with van der Waals surface area (Å²) < 4.78 is 0. The largest absolute Gasteiger partial charge is 0.391 e. The van der Waals surface area contributed by atoms with Crippen LogP contribution in [0, 0.1) is 5.92 Å². The molecule has 2 aliphatic rings. The van der Waals surface area contributed by atoms with Crippen LogP contribution in [0.4, 0.5) is 0 Å². The molecular formula is C11H20N2O2. The third-order valence-electron chi connectivity index (χ3n) is 3.49. The van der Waals surface area contributed by atoms with Gasteiger partial charge in [-0.2, -0.15) is 0 Å². The molecule has 0 aromatic heterocycles. The molecule has 2 saturated heterocycles.